The SMILES string of the molecule is COc1ccc(F)cc1-c1cc(-c2c(C)noc2C)cc2[nH]c(C)nc12. The molecule has 0 atom stereocenters. The number of nitrogens with one attached hydrogen (secondary N) is 1. The van der Waals surface area contributed by atoms with Crippen LogP contribution < -0.4 is 4.74 Å². The van der Waals surface area contributed by atoms with E-state index >= 15 is 0 Å². The van der Waals surface area contributed by atoms with Gasteiger partial charge in [-0.15, -0.1) is 0 Å². The molecule has 0 saturated carbocycles. The van der Waals surface area contributed by atoms with Crippen molar-refractivity contribution in [1.29, 1.82) is 0 Å². The van der Waals surface area contributed by atoms with E-state index in [-0.39, 0.29) is 5.82 Å². The summed E-state index contributed by atoms with van der Waals surface area (Å²) in [7, 11) is 1.57. The van der Waals surface area contributed by atoms with Gasteiger partial charge in [-0.1, -0.05) is 5.16 Å². The standard InChI is InChI=1S/C20H18FN3O2/c1-10-19(11(2)26-24-10)13-7-16(20-17(8-13)22-12(3)23-20)15-9-14(21)5-6-18(15)25-4/h5-9H,1-4H3,(H,22,23). The molecule has 0 aliphatic carbocycles. The van der Waals surface area contributed by atoms with Crippen molar-refractivity contribution in [3.63, 3.8) is 0 Å². The second-order valence-corrected chi connectivity index (χ2v) is 6.29. The van der Waals surface area contributed by atoms with Gasteiger partial charge in [-0.2, -0.15) is 0 Å². The van der Waals surface area contributed by atoms with Crippen LogP contribution in [0.4, 0.5) is 4.39 Å². The zero-order valence-corrected chi connectivity index (χ0v) is 15.0. The van der Waals surface area contributed by atoms with Gasteiger partial charge < -0.3 is 14.2 Å². The summed E-state index contributed by atoms with van der Waals surface area (Å²) in [5.74, 6) is 1.77. The summed E-state index contributed by atoms with van der Waals surface area (Å²) in [6.45, 7) is 5.67. The summed E-state index contributed by atoms with van der Waals surface area (Å²) >= 11 is 0. The Labute approximate surface area is 149 Å². The first-order valence-corrected chi connectivity index (χ1v) is 8.25. The number of ether oxygens (including phenoxy) is 1. The highest BCUT2D eigenvalue weighted by Crippen LogP contribution is 2.39. The van der Waals surface area contributed by atoms with Gasteiger partial charge in [0.05, 0.1) is 23.8 Å². The molecule has 4 rings (SSSR count). The minimum Gasteiger partial charge on any atom is -0.496 e. The predicted molar refractivity (Wildman–Crippen MR) is 97.7 cm³/mol. The number of H-pyrrole nitrogens is 1. The van der Waals surface area contributed by atoms with Crippen LogP contribution in [0.1, 0.15) is 17.3 Å². The molecule has 0 fully saturated rings. The van der Waals surface area contributed by atoms with Crippen molar-refractivity contribution < 1.29 is 13.7 Å². The number of nitrogens with zero attached hydrogens (tertiary/aromatic N) is 2. The largest absolute Gasteiger partial charge is 0.496 e. The summed E-state index contributed by atoms with van der Waals surface area (Å²) in [5.41, 5.74) is 5.73. The van der Waals surface area contributed by atoms with Gasteiger partial charge in [0.2, 0.25) is 0 Å². The zero-order valence-electron chi connectivity index (χ0n) is 15.0. The zero-order chi connectivity index (χ0) is 18.4. The van der Waals surface area contributed by atoms with E-state index in [1.807, 2.05) is 32.9 Å². The molecule has 132 valence electrons. The maximum absolute atomic E-state index is 14.0. The second-order valence-electron chi connectivity index (χ2n) is 6.29. The highest BCUT2D eigenvalue weighted by Gasteiger charge is 2.18. The number of hydrogen-bond donors (Lipinski definition) is 1. The minimum atomic E-state index is -0.330. The molecule has 0 aliphatic rings. The lowest BCUT2D eigenvalue weighted by molar-refractivity contribution is 0.393. The molecule has 2 aromatic carbocycles. The number of methoxy groups -OCH3 is 1. The van der Waals surface area contributed by atoms with Crippen molar-refractivity contribution in [1.82, 2.24) is 15.1 Å². The Balaban J connectivity index is 2.07. The van der Waals surface area contributed by atoms with Crippen LogP contribution in [0.15, 0.2) is 34.9 Å². The van der Waals surface area contributed by atoms with E-state index in [1.54, 1.807) is 13.2 Å². The minimum absolute atomic E-state index is 0.330. The lowest BCUT2D eigenvalue weighted by Gasteiger charge is -2.11. The molecule has 0 amide bonds. The molecule has 26 heavy (non-hydrogen) atoms. The van der Waals surface area contributed by atoms with Crippen LogP contribution in [-0.4, -0.2) is 22.2 Å². The van der Waals surface area contributed by atoms with E-state index in [9.17, 15) is 4.39 Å². The van der Waals surface area contributed by atoms with Gasteiger partial charge in [0, 0.05) is 16.7 Å². The van der Waals surface area contributed by atoms with E-state index in [4.69, 9.17) is 9.26 Å². The number of imidazole rings is 1. The highest BCUT2D eigenvalue weighted by molar-refractivity contribution is 5.97. The summed E-state index contributed by atoms with van der Waals surface area (Å²) in [4.78, 5) is 7.85. The molecule has 4 aromatic rings. The summed E-state index contributed by atoms with van der Waals surface area (Å²) in [5, 5.41) is 4.04. The van der Waals surface area contributed by atoms with E-state index in [1.165, 1.54) is 12.1 Å². The quantitative estimate of drug-likeness (QED) is 0.567. The van der Waals surface area contributed by atoms with Gasteiger partial charge in [-0.3, -0.25) is 0 Å². The molecule has 0 radical (unpaired) electrons. The number of fused-ring (bicyclic) bond motifs is 1. The number of aromatic amines is 1. The van der Waals surface area contributed by atoms with Gasteiger partial charge in [0.1, 0.15) is 23.2 Å². The molecule has 0 aliphatic heterocycles. The van der Waals surface area contributed by atoms with Crippen molar-refractivity contribution in [2.75, 3.05) is 7.11 Å². The van der Waals surface area contributed by atoms with Crippen LogP contribution in [0.5, 0.6) is 5.75 Å². The average Bonchev–Trinajstić information content (AvgIpc) is 3.15. The smallest absolute Gasteiger partial charge is 0.141 e. The van der Waals surface area contributed by atoms with Gasteiger partial charge in [-0.25, -0.2) is 9.37 Å². The maximum atomic E-state index is 14.0. The van der Waals surface area contributed by atoms with E-state index in [0.29, 0.717) is 11.3 Å². The first-order valence-electron chi connectivity index (χ1n) is 8.25. The fourth-order valence-electron chi connectivity index (χ4n) is 3.38. The van der Waals surface area contributed by atoms with Crippen molar-refractivity contribution in [2.45, 2.75) is 20.8 Å². The van der Waals surface area contributed by atoms with Gasteiger partial charge >= 0.3 is 0 Å². The van der Waals surface area contributed by atoms with Crippen molar-refractivity contribution in [3.05, 3.63) is 53.4 Å². The Morgan fingerprint density at radius 2 is 1.88 bits per heavy atom. The number of benzene rings is 2. The summed E-state index contributed by atoms with van der Waals surface area (Å²) < 4.78 is 24.7. The van der Waals surface area contributed by atoms with Gasteiger partial charge in [0.25, 0.3) is 0 Å². The van der Waals surface area contributed by atoms with E-state index < -0.39 is 0 Å². The van der Waals surface area contributed by atoms with Crippen LogP contribution >= 0.6 is 0 Å². The second kappa shape index (κ2) is 5.98. The third-order valence-electron chi connectivity index (χ3n) is 4.48. The van der Waals surface area contributed by atoms with E-state index in [0.717, 1.165) is 45.0 Å². The Morgan fingerprint density at radius 3 is 2.58 bits per heavy atom. The molecular formula is C20H18FN3O2. The highest BCUT2D eigenvalue weighted by atomic mass is 19.1. The fourth-order valence-corrected chi connectivity index (χ4v) is 3.38. The lowest BCUT2D eigenvalue weighted by atomic mass is 9.96. The lowest BCUT2D eigenvalue weighted by Crippen LogP contribution is -1.92. The topological polar surface area (TPSA) is 63.9 Å². The monoisotopic (exact) mass is 351 g/mol. The molecule has 1 N–H and O–H groups in total. The first-order chi connectivity index (χ1) is 12.5. The molecule has 0 bridgehead atoms. The maximum Gasteiger partial charge on any atom is 0.141 e. The Kier molecular flexibility index (Phi) is 3.76. The average molecular weight is 351 g/mol. The summed E-state index contributed by atoms with van der Waals surface area (Å²) in [6.07, 6.45) is 0. The predicted octanol–water partition coefficient (Wildman–Crippen LogP) is 4.96. The third kappa shape index (κ3) is 2.54. The number of aryl methyl sites for hydroxylation is 3. The number of hydrogen-bond acceptors (Lipinski definition) is 4. The Bertz CT molecular complexity index is 1110. The van der Waals surface area contributed by atoms with Crippen molar-refractivity contribution >= 4 is 11.0 Å². The van der Waals surface area contributed by atoms with Crippen LogP contribution in [0.2, 0.25) is 0 Å². The first kappa shape index (κ1) is 16.3. The molecule has 2 aromatic heterocycles. The summed E-state index contributed by atoms with van der Waals surface area (Å²) in [6, 6.07) is 8.46. The van der Waals surface area contributed by atoms with Crippen molar-refractivity contribution in [3.8, 4) is 28.0 Å². The number of rotatable bonds is 3. The number of aromatic nitrogens is 3. The fraction of sp³-hybridized carbons (Fsp3) is 0.200. The third-order valence-corrected chi connectivity index (χ3v) is 4.48. The molecule has 0 unspecified atom stereocenters. The normalized spacial score (nSPS) is 11.3. The van der Waals surface area contributed by atoms with Crippen LogP contribution in [0.25, 0.3) is 33.3 Å². The van der Waals surface area contributed by atoms with Crippen LogP contribution in [-0.2, 0) is 0 Å². The van der Waals surface area contributed by atoms with Crippen LogP contribution in [0.3, 0.4) is 0 Å². The molecule has 6 heteroatoms. The Hall–Kier alpha value is -3.15. The van der Waals surface area contributed by atoms with Gasteiger partial charge in [-0.05, 0) is 56.7 Å². The van der Waals surface area contributed by atoms with Crippen molar-refractivity contribution in [2.24, 2.45) is 0 Å². The number of halogens is 1. The molecule has 0 spiro atoms. The van der Waals surface area contributed by atoms with Gasteiger partial charge in [0.15, 0.2) is 0 Å². The Morgan fingerprint density at radius 1 is 1.08 bits per heavy atom. The molecule has 0 saturated heterocycles. The molecule has 5 nitrogen and oxygen atoms in total. The molecule has 2 heterocycles. The molecular weight excluding hydrogens is 333 g/mol. The van der Waals surface area contributed by atoms with E-state index in [2.05, 4.69) is 15.1 Å². The van der Waals surface area contributed by atoms with Crippen LogP contribution in [0, 0.1) is 26.6 Å².